The summed E-state index contributed by atoms with van der Waals surface area (Å²) in [5.74, 6) is -2.45. The minimum absolute atomic E-state index is 0.147. The second kappa shape index (κ2) is 10.7. The van der Waals surface area contributed by atoms with Gasteiger partial charge in [0.1, 0.15) is 17.4 Å². The summed E-state index contributed by atoms with van der Waals surface area (Å²) in [6, 6.07) is 5.36. The molecule has 3 saturated heterocycles. The third-order valence-corrected chi connectivity index (χ3v) is 8.64. The number of fused-ring (bicyclic) bond motifs is 1. The van der Waals surface area contributed by atoms with Crippen molar-refractivity contribution < 1.29 is 33.7 Å². The summed E-state index contributed by atoms with van der Waals surface area (Å²) in [5.41, 5.74) is -0.633. The molecule has 7 atom stereocenters. The van der Waals surface area contributed by atoms with Gasteiger partial charge in [-0.05, 0) is 43.5 Å². The van der Waals surface area contributed by atoms with Crippen molar-refractivity contribution in [3.05, 3.63) is 36.9 Å². The molecule has 3 aliphatic rings. The molecule has 1 aromatic rings. The molecule has 2 bridgehead atoms. The van der Waals surface area contributed by atoms with Gasteiger partial charge < -0.3 is 29.1 Å². The fourth-order valence-electron chi connectivity index (χ4n) is 6.19. The highest BCUT2D eigenvalue weighted by Crippen LogP contribution is 2.61. The van der Waals surface area contributed by atoms with Gasteiger partial charge in [-0.2, -0.15) is 0 Å². The number of ether oxygens (including phenoxy) is 3. The first-order valence-electron chi connectivity index (χ1n) is 12.6. The summed E-state index contributed by atoms with van der Waals surface area (Å²) in [4.78, 5) is 44.5. The quantitative estimate of drug-likeness (QED) is 0.258. The second-order valence-corrected chi connectivity index (χ2v) is 11.3. The topological polar surface area (TPSA) is 106 Å². The highest BCUT2D eigenvalue weighted by molar-refractivity contribution is 9.09. The number of halogens is 1. The molecule has 3 aliphatic heterocycles. The molecular formula is C27H35BrN2O7. The lowest BCUT2D eigenvalue weighted by Crippen LogP contribution is -2.60. The van der Waals surface area contributed by atoms with Crippen molar-refractivity contribution in [2.75, 3.05) is 31.8 Å². The van der Waals surface area contributed by atoms with Crippen LogP contribution >= 0.6 is 15.9 Å². The number of alkyl halides is 1. The number of likely N-dealkylation sites (tertiary alicyclic amines) is 1. The Morgan fingerprint density at radius 1 is 1.35 bits per heavy atom. The van der Waals surface area contributed by atoms with Crippen LogP contribution < -0.4 is 9.64 Å². The van der Waals surface area contributed by atoms with Crippen LogP contribution in [-0.2, 0) is 23.9 Å². The molecule has 2 amide bonds. The van der Waals surface area contributed by atoms with Crippen molar-refractivity contribution in [1.29, 1.82) is 0 Å². The predicted molar refractivity (Wildman–Crippen MR) is 140 cm³/mol. The number of benzene rings is 1. The van der Waals surface area contributed by atoms with Gasteiger partial charge in [-0.3, -0.25) is 14.4 Å². The number of hydrogen-bond acceptors (Lipinski definition) is 7. The van der Waals surface area contributed by atoms with E-state index >= 15 is 0 Å². The Kier molecular flexibility index (Phi) is 8.02. The Balaban J connectivity index is 1.84. The summed E-state index contributed by atoms with van der Waals surface area (Å²) in [6.45, 7) is 9.35. The van der Waals surface area contributed by atoms with Gasteiger partial charge in [0.25, 0.3) is 5.91 Å². The van der Waals surface area contributed by atoms with Crippen LogP contribution in [0.5, 0.6) is 5.75 Å². The Hall–Kier alpha value is -2.43. The Labute approximate surface area is 225 Å². The number of rotatable bonds is 10. The Morgan fingerprint density at radius 3 is 2.57 bits per heavy atom. The fourth-order valence-corrected chi connectivity index (χ4v) is 7.14. The zero-order valence-corrected chi connectivity index (χ0v) is 23.2. The van der Waals surface area contributed by atoms with E-state index in [-0.39, 0.29) is 42.3 Å². The molecule has 0 saturated carbocycles. The summed E-state index contributed by atoms with van der Waals surface area (Å²) in [7, 11) is 1.56. The predicted octanol–water partition coefficient (Wildman–Crippen LogP) is 2.54. The third kappa shape index (κ3) is 4.36. The molecule has 0 aliphatic carbocycles. The van der Waals surface area contributed by atoms with Gasteiger partial charge in [0.2, 0.25) is 5.91 Å². The number of amides is 2. The molecule has 202 valence electrons. The van der Waals surface area contributed by atoms with Crippen LogP contribution in [0, 0.1) is 17.8 Å². The molecule has 9 nitrogen and oxygen atoms in total. The summed E-state index contributed by atoms with van der Waals surface area (Å²) in [5, 5.41) is 10.3. The molecular weight excluding hydrogens is 544 g/mol. The number of methoxy groups -OCH3 is 1. The third-order valence-electron chi connectivity index (χ3n) is 7.80. The lowest BCUT2D eigenvalue weighted by Gasteiger charge is -2.40. The SMILES string of the molecule is C=CCN(C(=O)[C@@H]1N([C@@H](CO)C(C)C)C(=O)[C@H]2[C@H](C(=O)OCC)[C@H]3O[C@@]12CC3Br)c1ccc(OC)cc1. The van der Waals surface area contributed by atoms with Crippen LogP contribution in [0.2, 0.25) is 0 Å². The van der Waals surface area contributed by atoms with E-state index in [1.165, 1.54) is 4.90 Å². The van der Waals surface area contributed by atoms with Crippen LogP contribution in [0.25, 0.3) is 0 Å². The molecule has 4 rings (SSSR count). The van der Waals surface area contributed by atoms with E-state index in [9.17, 15) is 19.5 Å². The molecule has 1 unspecified atom stereocenters. The maximum Gasteiger partial charge on any atom is 0.312 e. The number of hydrogen-bond donors (Lipinski definition) is 1. The number of carbonyl (C=O) groups is 3. The van der Waals surface area contributed by atoms with Gasteiger partial charge in [0, 0.05) is 17.1 Å². The van der Waals surface area contributed by atoms with Crippen molar-refractivity contribution in [3.63, 3.8) is 0 Å². The maximum atomic E-state index is 14.5. The average molecular weight is 579 g/mol. The zero-order chi connectivity index (χ0) is 27.1. The van der Waals surface area contributed by atoms with E-state index in [1.54, 1.807) is 49.3 Å². The van der Waals surface area contributed by atoms with Crippen LogP contribution in [-0.4, -0.2) is 83.3 Å². The van der Waals surface area contributed by atoms with E-state index in [0.29, 0.717) is 17.9 Å². The number of carbonyl (C=O) groups excluding carboxylic acids is 3. The van der Waals surface area contributed by atoms with Crippen LogP contribution in [0.4, 0.5) is 5.69 Å². The highest BCUT2D eigenvalue weighted by atomic mass is 79.9. The van der Waals surface area contributed by atoms with Gasteiger partial charge in [-0.1, -0.05) is 35.9 Å². The minimum atomic E-state index is -1.24. The van der Waals surface area contributed by atoms with Crippen LogP contribution in [0.1, 0.15) is 27.2 Å². The van der Waals surface area contributed by atoms with Crippen molar-refractivity contribution in [2.24, 2.45) is 17.8 Å². The lowest BCUT2D eigenvalue weighted by molar-refractivity contribution is -0.155. The largest absolute Gasteiger partial charge is 0.497 e. The molecule has 1 spiro atoms. The summed E-state index contributed by atoms with van der Waals surface area (Å²) < 4.78 is 17.1. The van der Waals surface area contributed by atoms with Gasteiger partial charge >= 0.3 is 5.97 Å². The first-order chi connectivity index (χ1) is 17.7. The van der Waals surface area contributed by atoms with E-state index in [0.717, 1.165) is 0 Å². The van der Waals surface area contributed by atoms with Gasteiger partial charge in [-0.25, -0.2) is 0 Å². The minimum Gasteiger partial charge on any atom is -0.497 e. The number of esters is 1. The zero-order valence-electron chi connectivity index (χ0n) is 21.6. The molecule has 1 aromatic carbocycles. The Morgan fingerprint density at radius 2 is 2.03 bits per heavy atom. The molecule has 10 heteroatoms. The second-order valence-electron chi connectivity index (χ2n) is 10.1. The summed E-state index contributed by atoms with van der Waals surface area (Å²) >= 11 is 3.65. The van der Waals surface area contributed by atoms with E-state index < -0.39 is 41.6 Å². The monoisotopic (exact) mass is 578 g/mol. The van der Waals surface area contributed by atoms with Crippen molar-refractivity contribution in [3.8, 4) is 5.75 Å². The van der Waals surface area contributed by atoms with Crippen LogP contribution in [0.15, 0.2) is 36.9 Å². The first-order valence-corrected chi connectivity index (χ1v) is 13.6. The first kappa shape index (κ1) is 27.6. The molecule has 3 fully saturated rings. The molecule has 0 radical (unpaired) electrons. The van der Waals surface area contributed by atoms with E-state index in [4.69, 9.17) is 14.2 Å². The molecule has 37 heavy (non-hydrogen) atoms. The molecule has 1 N–H and O–H groups in total. The standard InChI is InChI=1S/C27H35BrN2O7/c1-6-12-29(16-8-10-17(35-5)11-9-16)25(33)23-27-13-18(28)22(37-27)20(26(34)36-7-2)21(27)24(32)30(23)19(14-31)15(3)4/h6,8-11,15,18-23,31H,1,7,12-14H2,2-5H3/t18?,19-,20-,21+,22-,23-,27+/m0/s1. The summed E-state index contributed by atoms with van der Waals surface area (Å²) in [6.07, 6.45) is 1.40. The highest BCUT2D eigenvalue weighted by Gasteiger charge is 2.77. The number of anilines is 1. The molecule has 3 heterocycles. The smallest absolute Gasteiger partial charge is 0.312 e. The Bertz CT molecular complexity index is 1050. The van der Waals surface area contributed by atoms with Crippen molar-refractivity contribution in [1.82, 2.24) is 4.90 Å². The van der Waals surface area contributed by atoms with E-state index in [2.05, 4.69) is 22.5 Å². The van der Waals surface area contributed by atoms with Crippen molar-refractivity contribution in [2.45, 2.75) is 55.8 Å². The van der Waals surface area contributed by atoms with Gasteiger partial charge in [0.15, 0.2) is 0 Å². The number of aliphatic hydroxyl groups is 1. The van der Waals surface area contributed by atoms with Gasteiger partial charge in [-0.15, -0.1) is 6.58 Å². The molecule has 0 aromatic heterocycles. The van der Waals surface area contributed by atoms with Crippen LogP contribution in [0.3, 0.4) is 0 Å². The normalized spacial score (nSPS) is 30.8. The van der Waals surface area contributed by atoms with Crippen molar-refractivity contribution >= 4 is 39.4 Å². The lowest BCUT2D eigenvalue weighted by atomic mass is 9.70. The number of nitrogens with zero attached hydrogens (tertiary/aromatic N) is 2. The maximum absolute atomic E-state index is 14.5. The number of aliphatic hydroxyl groups excluding tert-OH is 1. The van der Waals surface area contributed by atoms with Gasteiger partial charge in [0.05, 0.1) is 44.3 Å². The average Bonchev–Trinajstić information content (AvgIpc) is 3.46. The van der Waals surface area contributed by atoms with E-state index in [1.807, 2.05) is 13.8 Å². The fraction of sp³-hybridized carbons (Fsp3) is 0.593.